The molecule has 1 aromatic rings. The van der Waals surface area contributed by atoms with Crippen molar-refractivity contribution >= 4 is 0 Å². The molecule has 0 aromatic carbocycles. The summed E-state index contributed by atoms with van der Waals surface area (Å²) in [5, 5.41) is 0. The van der Waals surface area contributed by atoms with Gasteiger partial charge in [0, 0.05) is 12.4 Å². The van der Waals surface area contributed by atoms with Crippen LogP contribution in [0.1, 0.15) is 62.6 Å². The van der Waals surface area contributed by atoms with Gasteiger partial charge < -0.3 is 0 Å². The van der Waals surface area contributed by atoms with Gasteiger partial charge in [-0.2, -0.15) is 0 Å². The lowest BCUT2D eigenvalue weighted by Gasteiger charge is -2.34. The fourth-order valence-corrected chi connectivity index (χ4v) is 3.50. The monoisotopic (exact) mass is 261 g/mol. The molecule has 1 saturated carbocycles. The number of hydrazine groups is 1. The van der Waals surface area contributed by atoms with Crippen molar-refractivity contribution in [3.8, 4) is 0 Å². The Morgan fingerprint density at radius 3 is 2.68 bits per heavy atom. The Hall–Kier alpha value is -0.930. The molecule has 3 heteroatoms. The van der Waals surface area contributed by atoms with Gasteiger partial charge in [0.05, 0.1) is 6.04 Å². The Kier molecular flexibility index (Phi) is 5.34. The van der Waals surface area contributed by atoms with E-state index in [0.29, 0.717) is 5.92 Å². The molecule has 1 aliphatic carbocycles. The molecular weight excluding hydrogens is 234 g/mol. The SMILES string of the molecule is CCCC1CCC(C(NN)c2cnccc2C)CC1. The Labute approximate surface area is 117 Å². The lowest BCUT2D eigenvalue weighted by molar-refractivity contribution is 0.214. The Morgan fingerprint density at radius 2 is 2.11 bits per heavy atom. The molecule has 0 saturated heterocycles. The standard InChI is InChI=1S/C16H27N3/c1-3-4-13-5-7-14(8-6-13)16(19-17)15-11-18-10-9-12(15)2/h9-11,13-14,16,19H,3-8,17H2,1-2H3. The minimum absolute atomic E-state index is 0.260. The number of pyridine rings is 1. The number of nitrogens with one attached hydrogen (secondary N) is 1. The van der Waals surface area contributed by atoms with E-state index in [2.05, 4.69) is 30.3 Å². The van der Waals surface area contributed by atoms with E-state index in [1.54, 1.807) is 0 Å². The zero-order valence-electron chi connectivity index (χ0n) is 12.2. The van der Waals surface area contributed by atoms with E-state index in [0.717, 1.165) is 5.92 Å². The van der Waals surface area contributed by atoms with Gasteiger partial charge in [-0.1, -0.05) is 32.6 Å². The van der Waals surface area contributed by atoms with Crippen molar-refractivity contribution in [2.45, 2.75) is 58.4 Å². The largest absolute Gasteiger partial charge is 0.271 e. The van der Waals surface area contributed by atoms with Crippen LogP contribution < -0.4 is 11.3 Å². The van der Waals surface area contributed by atoms with Crippen LogP contribution in [-0.2, 0) is 0 Å². The van der Waals surface area contributed by atoms with Gasteiger partial charge >= 0.3 is 0 Å². The lowest BCUT2D eigenvalue weighted by Crippen LogP contribution is -2.36. The van der Waals surface area contributed by atoms with Crippen LogP contribution in [0.25, 0.3) is 0 Å². The highest BCUT2D eigenvalue weighted by Crippen LogP contribution is 2.38. The van der Waals surface area contributed by atoms with Gasteiger partial charge in [-0.25, -0.2) is 0 Å². The minimum Gasteiger partial charge on any atom is -0.271 e. The molecule has 106 valence electrons. The van der Waals surface area contributed by atoms with Crippen molar-refractivity contribution in [2.75, 3.05) is 0 Å². The summed E-state index contributed by atoms with van der Waals surface area (Å²) < 4.78 is 0. The number of rotatable bonds is 5. The third-order valence-electron chi connectivity index (χ3n) is 4.65. The van der Waals surface area contributed by atoms with Crippen LogP contribution in [0.15, 0.2) is 18.5 Å². The first-order valence-corrected chi connectivity index (χ1v) is 7.62. The van der Waals surface area contributed by atoms with Crippen molar-refractivity contribution in [3.63, 3.8) is 0 Å². The van der Waals surface area contributed by atoms with E-state index in [9.17, 15) is 0 Å². The average Bonchev–Trinajstić information content (AvgIpc) is 2.44. The van der Waals surface area contributed by atoms with Crippen LogP contribution in [0.5, 0.6) is 0 Å². The number of hydrogen-bond acceptors (Lipinski definition) is 3. The first-order valence-electron chi connectivity index (χ1n) is 7.62. The number of nitrogens with zero attached hydrogens (tertiary/aromatic N) is 1. The van der Waals surface area contributed by atoms with E-state index in [1.807, 2.05) is 12.4 Å². The lowest BCUT2D eigenvalue weighted by atomic mass is 9.75. The summed E-state index contributed by atoms with van der Waals surface area (Å²) in [6.07, 6.45) is 11.8. The van der Waals surface area contributed by atoms with E-state index in [4.69, 9.17) is 5.84 Å². The second-order valence-corrected chi connectivity index (χ2v) is 5.95. The molecule has 2 rings (SSSR count). The number of nitrogens with two attached hydrogens (primary N) is 1. The Morgan fingerprint density at radius 1 is 1.37 bits per heavy atom. The smallest absolute Gasteiger partial charge is 0.0506 e. The maximum atomic E-state index is 5.82. The van der Waals surface area contributed by atoms with Crippen LogP contribution in [0.4, 0.5) is 0 Å². The maximum Gasteiger partial charge on any atom is 0.0506 e. The van der Waals surface area contributed by atoms with Gasteiger partial charge in [0.2, 0.25) is 0 Å². The maximum absolute atomic E-state index is 5.82. The van der Waals surface area contributed by atoms with Gasteiger partial charge in [-0.3, -0.25) is 16.3 Å². The highest BCUT2D eigenvalue weighted by molar-refractivity contribution is 5.25. The van der Waals surface area contributed by atoms with Crippen molar-refractivity contribution in [2.24, 2.45) is 17.7 Å². The third-order valence-corrected chi connectivity index (χ3v) is 4.65. The van der Waals surface area contributed by atoms with Crippen LogP contribution in [0.2, 0.25) is 0 Å². The summed E-state index contributed by atoms with van der Waals surface area (Å²) in [7, 11) is 0. The predicted molar refractivity (Wildman–Crippen MR) is 79.4 cm³/mol. The highest BCUT2D eigenvalue weighted by Gasteiger charge is 2.28. The summed E-state index contributed by atoms with van der Waals surface area (Å²) in [5.74, 6) is 7.41. The van der Waals surface area contributed by atoms with Crippen molar-refractivity contribution in [1.82, 2.24) is 10.4 Å². The first-order chi connectivity index (χ1) is 9.26. The van der Waals surface area contributed by atoms with Crippen LogP contribution in [0, 0.1) is 18.8 Å². The van der Waals surface area contributed by atoms with Crippen molar-refractivity contribution in [3.05, 3.63) is 29.6 Å². The predicted octanol–water partition coefficient (Wildman–Crippen LogP) is 3.50. The minimum atomic E-state index is 0.260. The summed E-state index contributed by atoms with van der Waals surface area (Å²) in [4.78, 5) is 4.26. The summed E-state index contributed by atoms with van der Waals surface area (Å²) >= 11 is 0. The van der Waals surface area contributed by atoms with Gasteiger partial charge in [-0.15, -0.1) is 0 Å². The zero-order valence-corrected chi connectivity index (χ0v) is 12.2. The van der Waals surface area contributed by atoms with Gasteiger partial charge in [0.1, 0.15) is 0 Å². The normalized spacial score (nSPS) is 25.2. The average molecular weight is 261 g/mol. The van der Waals surface area contributed by atoms with E-state index >= 15 is 0 Å². The quantitative estimate of drug-likeness (QED) is 0.630. The number of aryl methyl sites for hydroxylation is 1. The molecule has 19 heavy (non-hydrogen) atoms. The fourth-order valence-electron chi connectivity index (χ4n) is 3.50. The number of aromatic nitrogens is 1. The molecule has 1 aromatic heterocycles. The molecule has 1 unspecified atom stereocenters. The molecule has 1 aliphatic rings. The summed E-state index contributed by atoms with van der Waals surface area (Å²) in [5.41, 5.74) is 5.59. The van der Waals surface area contributed by atoms with E-state index in [1.165, 1.54) is 49.7 Å². The molecule has 0 amide bonds. The number of hydrogen-bond donors (Lipinski definition) is 2. The Balaban J connectivity index is 2.02. The molecule has 1 heterocycles. The fraction of sp³-hybridized carbons (Fsp3) is 0.688. The molecule has 3 N–H and O–H groups in total. The van der Waals surface area contributed by atoms with Gasteiger partial charge in [-0.05, 0) is 48.8 Å². The zero-order chi connectivity index (χ0) is 13.7. The molecule has 0 radical (unpaired) electrons. The third kappa shape index (κ3) is 3.54. The van der Waals surface area contributed by atoms with Crippen LogP contribution in [0.3, 0.4) is 0 Å². The van der Waals surface area contributed by atoms with Crippen LogP contribution in [-0.4, -0.2) is 4.98 Å². The van der Waals surface area contributed by atoms with Crippen molar-refractivity contribution < 1.29 is 0 Å². The highest BCUT2D eigenvalue weighted by atomic mass is 15.2. The molecule has 0 aliphatic heterocycles. The van der Waals surface area contributed by atoms with Gasteiger partial charge in [0.15, 0.2) is 0 Å². The Bertz CT molecular complexity index is 383. The van der Waals surface area contributed by atoms with Gasteiger partial charge in [0.25, 0.3) is 0 Å². The topological polar surface area (TPSA) is 50.9 Å². The molecule has 0 bridgehead atoms. The first kappa shape index (κ1) is 14.5. The van der Waals surface area contributed by atoms with E-state index in [-0.39, 0.29) is 6.04 Å². The van der Waals surface area contributed by atoms with Crippen molar-refractivity contribution in [1.29, 1.82) is 0 Å². The molecule has 1 atom stereocenters. The second-order valence-electron chi connectivity index (χ2n) is 5.95. The van der Waals surface area contributed by atoms with E-state index < -0.39 is 0 Å². The molecular formula is C16H27N3. The molecule has 3 nitrogen and oxygen atoms in total. The second kappa shape index (κ2) is 7.01. The molecule has 0 spiro atoms. The van der Waals surface area contributed by atoms with Crippen LogP contribution >= 0.6 is 0 Å². The summed E-state index contributed by atoms with van der Waals surface area (Å²) in [6, 6.07) is 2.33. The summed E-state index contributed by atoms with van der Waals surface area (Å²) in [6.45, 7) is 4.43. The molecule has 1 fully saturated rings.